The lowest BCUT2D eigenvalue weighted by Crippen LogP contribution is -2.27. The molecule has 0 aliphatic carbocycles. The Bertz CT molecular complexity index is 1500. The molecule has 0 spiro atoms. The monoisotopic (exact) mass is 439 g/mol. The number of nitrogens with zero attached hydrogens (tertiary/aromatic N) is 1. The van der Waals surface area contributed by atoms with Gasteiger partial charge in [0.05, 0.1) is 17.0 Å². The van der Waals surface area contributed by atoms with E-state index in [0.717, 1.165) is 0 Å². The molecule has 6 nitrogen and oxygen atoms in total. The summed E-state index contributed by atoms with van der Waals surface area (Å²) in [5.41, 5.74) is 7.95. The molecule has 0 amide bonds. The van der Waals surface area contributed by atoms with E-state index < -0.39 is 5.92 Å². The second kappa shape index (κ2) is 8.17. The lowest BCUT2D eigenvalue weighted by molar-refractivity contribution is 0.300. The average Bonchev–Trinajstić information content (AvgIpc) is 2.83. The highest BCUT2D eigenvalue weighted by molar-refractivity contribution is 5.87. The van der Waals surface area contributed by atoms with E-state index >= 15 is 0 Å². The Hall–Kier alpha value is -4.57. The van der Waals surface area contributed by atoms with E-state index in [-0.39, 0.29) is 29.4 Å². The summed E-state index contributed by atoms with van der Waals surface area (Å²) in [4.78, 5) is 15.9. The van der Waals surface area contributed by atoms with E-state index in [1.54, 1.807) is 48.5 Å². The number of para-hydroxylation sites is 1. The predicted molar refractivity (Wildman–Crippen MR) is 121 cm³/mol. The summed E-state index contributed by atoms with van der Waals surface area (Å²) in [7, 11) is 0. The van der Waals surface area contributed by atoms with Crippen molar-refractivity contribution in [1.29, 1.82) is 5.26 Å². The maximum absolute atomic E-state index is 13.8. The van der Waals surface area contributed by atoms with Crippen LogP contribution in [0.25, 0.3) is 10.9 Å². The number of nitriles is 1. The number of nitrogens with one attached hydrogen (secondary N) is 1. The van der Waals surface area contributed by atoms with Crippen LogP contribution in [-0.4, -0.2) is 4.98 Å². The molecular weight excluding hydrogens is 421 g/mol. The summed E-state index contributed by atoms with van der Waals surface area (Å²) in [5, 5.41) is 10.5. The highest BCUT2D eigenvalue weighted by atomic mass is 19.1. The number of pyridine rings is 1. The first-order valence-electron chi connectivity index (χ1n) is 10.3. The minimum atomic E-state index is -0.701. The lowest BCUT2D eigenvalue weighted by Gasteiger charge is -2.26. The Morgan fingerprint density at radius 2 is 1.79 bits per heavy atom. The number of benzene rings is 3. The van der Waals surface area contributed by atoms with Crippen LogP contribution in [0.3, 0.4) is 0 Å². The minimum absolute atomic E-state index is 0.0365. The van der Waals surface area contributed by atoms with Gasteiger partial charge in [-0.2, -0.15) is 5.26 Å². The number of fused-ring (bicyclic) bond motifs is 3. The topological polar surface area (TPSA) is 101 Å². The molecule has 1 unspecified atom stereocenters. The third kappa shape index (κ3) is 3.58. The van der Waals surface area contributed by atoms with Gasteiger partial charge < -0.3 is 20.2 Å². The van der Waals surface area contributed by atoms with Gasteiger partial charge in [-0.15, -0.1) is 0 Å². The predicted octanol–water partition coefficient (Wildman–Crippen LogP) is 4.46. The molecule has 0 bridgehead atoms. The smallest absolute Gasteiger partial charge is 0.256 e. The number of rotatable bonds is 4. The molecular formula is C26H18FN3O3. The molecule has 4 aromatic rings. The van der Waals surface area contributed by atoms with Crippen LogP contribution in [-0.2, 0) is 6.61 Å². The Balaban J connectivity index is 1.53. The summed E-state index contributed by atoms with van der Waals surface area (Å²) in [6.07, 6.45) is 0. The molecule has 1 atom stereocenters. The number of ether oxygens (including phenoxy) is 2. The highest BCUT2D eigenvalue weighted by Gasteiger charge is 2.34. The van der Waals surface area contributed by atoms with Gasteiger partial charge in [-0.05, 0) is 35.9 Å². The maximum atomic E-state index is 13.8. The van der Waals surface area contributed by atoms with Gasteiger partial charge >= 0.3 is 0 Å². The van der Waals surface area contributed by atoms with Gasteiger partial charge in [0, 0.05) is 10.9 Å². The third-order valence-electron chi connectivity index (χ3n) is 5.65. The molecule has 1 aromatic heterocycles. The summed E-state index contributed by atoms with van der Waals surface area (Å²) in [6, 6.07) is 22.7. The number of H-pyrrole nitrogens is 1. The molecule has 7 heteroatoms. The van der Waals surface area contributed by atoms with Crippen LogP contribution in [0.4, 0.5) is 4.39 Å². The van der Waals surface area contributed by atoms with Crippen molar-refractivity contribution in [3.8, 4) is 17.6 Å². The minimum Gasteiger partial charge on any atom is -0.489 e. The fourth-order valence-corrected chi connectivity index (χ4v) is 4.04. The molecule has 0 saturated carbocycles. The normalized spacial score (nSPS) is 15.0. The zero-order valence-electron chi connectivity index (χ0n) is 17.3. The summed E-state index contributed by atoms with van der Waals surface area (Å²) >= 11 is 0. The van der Waals surface area contributed by atoms with E-state index in [2.05, 4.69) is 11.1 Å². The van der Waals surface area contributed by atoms with Crippen LogP contribution in [0.15, 0.2) is 89.0 Å². The number of halogens is 1. The summed E-state index contributed by atoms with van der Waals surface area (Å²) < 4.78 is 25.3. The molecule has 0 fully saturated rings. The van der Waals surface area contributed by atoms with Crippen molar-refractivity contribution in [2.24, 2.45) is 5.73 Å². The fourth-order valence-electron chi connectivity index (χ4n) is 4.04. The fraction of sp³-hybridized carbons (Fsp3) is 0.0769. The first-order valence-corrected chi connectivity index (χ1v) is 10.3. The summed E-state index contributed by atoms with van der Waals surface area (Å²) in [6.45, 7) is 0.0775. The van der Waals surface area contributed by atoms with Gasteiger partial charge in [0.15, 0.2) is 0 Å². The number of aromatic amines is 1. The second-order valence-electron chi connectivity index (χ2n) is 7.62. The van der Waals surface area contributed by atoms with Crippen LogP contribution < -0.4 is 20.8 Å². The summed E-state index contributed by atoms with van der Waals surface area (Å²) in [5.74, 6) is -0.204. The SMILES string of the molecule is N#CC1=C(N)Oc2c(c(=O)[nH]c3ccccc23)C1c1ccc(OCc2ccccc2F)cc1. The van der Waals surface area contributed by atoms with Gasteiger partial charge in [-0.1, -0.05) is 42.5 Å². The van der Waals surface area contributed by atoms with E-state index in [1.807, 2.05) is 18.2 Å². The zero-order valence-corrected chi connectivity index (χ0v) is 17.3. The quantitative estimate of drug-likeness (QED) is 0.489. The van der Waals surface area contributed by atoms with Gasteiger partial charge in [0.25, 0.3) is 5.56 Å². The first-order chi connectivity index (χ1) is 16.1. The van der Waals surface area contributed by atoms with Crippen LogP contribution in [0.2, 0.25) is 0 Å². The van der Waals surface area contributed by atoms with Gasteiger partial charge in [0.1, 0.15) is 35.6 Å². The lowest BCUT2D eigenvalue weighted by atomic mass is 9.83. The van der Waals surface area contributed by atoms with Crippen LogP contribution in [0, 0.1) is 17.1 Å². The highest BCUT2D eigenvalue weighted by Crippen LogP contribution is 2.43. The van der Waals surface area contributed by atoms with Crippen molar-refractivity contribution in [1.82, 2.24) is 4.98 Å². The van der Waals surface area contributed by atoms with Crippen LogP contribution in [0.1, 0.15) is 22.6 Å². The second-order valence-corrected chi connectivity index (χ2v) is 7.62. The Morgan fingerprint density at radius 1 is 1.06 bits per heavy atom. The molecule has 3 aromatic carbocycles. The molecule has 162 valence electrons. The number of hydrogen-bond donors (Lipinski definition) is 2. The number of aromatic nitrogens is 1. The zero-order chi connectivity index (χ0) is 22.9. The first kappa shape index (κ1) is 20.3. The van der Waals surface area contributed by atoms with Crippen molar-refractivity contribution >= 4 is 10.9 Å². The van der Waals surface area contributed by atoms with Crippen molar-refractivity contribution in [3.05, 3.63) is 117 Å². The van der Waals surface area contributed by atoms with Gasteiger partial charge in [-0.3, -0.25) is 4.79 Å². The van der Waals surface area contributed by atoms with Crippen molar-refractivity contribution in [2.75, 3.05) is 0 Å². The van der Waals surface area contributed by atoms with Crippen molar-refractivity contribution < 1.29 is 13.9 Å². The number of hydrogen-bond acceptors (Lipinski definition) is 5. The standard InChI is InChI=1S/C26H18FN3O3/c27-20-7-3-1-5-16(20)14-32-17-11-9-15(10-12-17)22-19(13-28)25(29)33-24-18-6-2-4-8-21(18)30-26(31)23(22)24/h1-12,22H,14,29H2,(H,30,31). The van der Waals surface area contributed by atoms with Crippen molar-refractivity contribution in [3.63, 3.8) is 0 Å². The van der Waals surface area contributed by atoms with Crippen LogP contribution in [0.5, 0.6) is 11.5 Å². The Labute approximate surface area is 188 Å². The third-order valence-corrected chi connectivity index (χ3v) is 5.65. The maximum Gasteiger partial charge on any atom is 0.256 e. The molecule has 1 aliphatic heterocycles. The molecule has 1 aliphatic rings. The van der Waals surface area contributed by atoms with E-state index in [0.29, 0.717) is 39.1 Å². The van der Waals surface area contributed by atoms with Crippen molar-refractivity contribution in [2.45, 2.75) is 12.5 Å². The number of allylic oxidation sites excluding steroid dienone is 1. The molecule has 2 heterocycles. The molecule has 33 heavy (non-hydrogen) atoms. The molecule has 3 N–H and O–H groups in total. The molecule has 0 radical (unpaired) electrons. The molecule has 5 rings (SSSR count). The van der Waals surface area contributed by atoms with Gasteiger partial charge in [-0.25, -0.2) is 4.39 Å². The molecule has 0 saturated heterocycles. The number of nitrogens with two attached hydrogens (primary N) is 1. The Morgan fingerprint density at radius 3 is 2.55 bits per heavy atom. The Kier molecular flexibility index (Phi) is 5.04. The van der Waals surface area contributed by atoms with Crippen LogP contribution >= 0.6 is 0 Å². The van der Waals surface area contributed by atoms with E-state index in [4.69, 9.17) is 15.2 Å². The van der Waals surface area contributed by atoms with E-state index in [9.17, 15) is 14.4 Å². The average molecular weight is 439 g/mol. The largest absolute Gasteiger partial charge is 0.489 e. The van der Waals surface area contributed by atoms with E-state index in [1.165, 1.54) is 6.07 Å². The van der Waals surface area contributed by atoms with Gasteiger partial charge in [0.2, 0.25) is 5.88 Å².